The molecule has 1 aromatic rings. The quantitative estimate of drug-likeness (QED) is 0.844. The van der Waals surface area contributed by atoms with E-state index in [0.29, 0.717) is 17.4 Å². The molecule has 0 aromatic heterocycles. The first-order chi connectivity index (χ1) is 8.66. The van der Waals surface area contributed by atoms with Crippen molar-refractivity contribution < 1.29 is 14.3 Å². The van der Waals surface area contributed by atoms with Gasteiger partial charge in [-0.25, -0.2) is 4.79 Å². The summed E-state index contributed by atoms with van der Waals surface area (Å²) < 4.78 is 5.57. The molecule has 94 valence electrons. The molecular weight excluding hydrogens is 298 g/mol. The van der Waals surface area contributed by atoms with Gasteiger partial charge in [0.1, 0.15) is 6.61 Å². The number of carbonyl (C=O) groups excluding carboxylic acids is 2. The number of ether oxygens (including phenoxy) is 1. The summed E-state index contributed by atoms with van der Waals surface area (Å²) in [6, 6.07) is 9.46. The van der Waals surface area contributed by atoms with Crippen LogP contribution in [0.15, 0.2) is 41.0 Å². The van der Waals surface area contributed by atoms with Crippen molar-refractivity contribution in [1.29, 1.82) is 0 Å². The predicted molar refractivity (Wildman–Crippen MR) is 70.0 cm³/mol. The van der Waals surface area contributed by atoms with Crippen LogP contribution in [0.4, 0.5) is 4.79 Å². The van der Waals surface area contributed by atoms with Crippen LogP contribution in [0, 0.1) is 0 Å². The Kier molecular flexibility index (Phi) is 4.15. The summed E-state index contributed by atoms with van der Waals surface area (Å²) in [4.78, 5) is 24.4. The molecule has 0 fully saturated rings. The van der Waals surface area contributed by atoms with Gasteiger partial charge < -0.3 is 4.74 Å². The largest absolute Gasteiger partial charge is 0.444 e. The number of rotatable bonds is 2. The molecule has 1 amide bonds. The number of halogens is 1. The Morgan fingerprint density at radius 1 is 1.33 bits per heavy atom. The van der Waals surface area contributed by atoms with E-state index in [1.807, 2.05) is 30.3 Å². The molecule has 0 atom stereocenters. The molecule has 0 saturated heterocycles. The van der Waals surface area contributed by atoms with Crippen LogP contribution in [0.5, 0.6) is 0 Å². The van der Waals surface area contributed by atoms with Crippen molar-refractivity contribution in [2.24, 2.45) is 0 Å². The van der Waals surface area contributed by atoms with Gasteiger partial charge in [0.15, 0.2) is 5.78 Å². The highest BCUT2D eigenvalue weighted by Gasteiger charge is 2.21. The van der Waals surface area contributed by atoms with Crippen molar-refractivity contribution in [2.75, 3.05) is 6.54 Å². The number of amides is 1. The number of carbonyl (C=O) groups is 2. The van der Waals surface area contributed by atoms with E-state index in [1.54, 1.807) is 0 Å². The summed E-state index contributed by atoms with van der Waals surface area (Å²) in [6.45, 7) is 0.594. The Morgan fingerprint density at radius 3 is 2.72 bits per heavy atom. The lowest BCUT2D eigenvalue weighted by atomic mass is 10.2. The van der Waals surface area contributed by atoms with Crippen LogP contribution < -0.4 is 0 Å². The van der Waals surface area contributed by atoms with Gasteiger partial charge >= 0.3 is 6.09 Å². The molecule has 5 heteroatoms. The van der Waals surface area contributed by atoms with Gasteiger partial charge in [-0.15, -0.1) is 0 Å². The standard InChI is InChI=1S/C13H12BrNO3/c14-11-8-15(7-6-12(11)16)13(17)18-9-10-4-2-1-3-5-10/h1-5,8H,6-7,9H2. The van der Waals surface area contributed by atoms with Crippen LogP contribution in [-0.2, 0) is 16.1 Å². The third-order valence-corrected chi connectivity index (χ3v) is 3.20. The number of hydrogen-bond acceptors (Lipinski definition) is 3. The van der Waals surface area contributed by atoms with Crippen LogP contribution in [0.2, 0.25) is 0 Å². The SMILES string of the molecule is O=C1CCN(C(=O)OCc2ccccc2)C=C1Br. The normalized spacial score (nSPS) is 15.3. The first kappa shape index (κ1) is 12.8. The number of allylic oxidation sites excluding steroid dienone is 1. The van der Waals surface area contributed by atoms with Crippen molar-refractivity contribution in [3.8, 4) is 0 Å². The lowest BCUT2D eigenvalue weighted by Gasteiger charge is -2.21. The van der Waals surface area contributed by atoms with E-state index >= 15 is 0 Å². The molecule has 0 saturated carbocycles. The second-order valence-electron chi connectivity index (χ2n) is 3.88. The van der Waals surface area contributed by atoms with E-state index in [4.69, 9.17) is 4.74 Å². The van der Waals surface area contributed by atoms with E-state index in [9.17, 15) is 9.59 Å². The first-order valence-electron chi connectivity index (χ1n) is 5.54. The predicted octanol–water partition coefficient (Wildman–Crippen LogP) is 2.83. The number of hydrogen-bond donors (Lipinski definition) is 0. The number of nitrogens with zero attached hydrogens (tertiary/aromatic N) is 1. The highest BCUT2D eigenvalue weighted by Crippen LogP contribution is 2.17. The van der Waals surface area contributed by atoms with Crippen molar-refractivity contribution in [3.63, 3.8) is 0 Å². The maximum atomic E-state index is 11.8. The van der Waals surface area contributed by atoms with E-state index < -0.39 is 6.09 Å². The van der Waals surface area contributed by atoms with E-state index in [0.717, 1.165) is 5.56 Å². The maximum Gasteiger partial charge on any atom is 0.414 e. The molecule has 0 bridgehead atoms. The molecule has 0 radical (unpaired) electrons. The molecule has 1 heterocycles. The van der Waals surface area contributed by atoms with Crippen LogP contribution in [0.1, 0.15) is 12.0 Å². The zero-order valence-corrected chi connectivity index (χ0v) is 11.2. The smallest absolute Gasteiger partial charge is 0.414 e. The van der Waals surface area contributed by atoms with E-state index in [1.165, 1.54) is 11.1 Å². The van der Waals surface area contributed by atoms with Crippen molar-refractivity contribution >= 4 is 27.8 Å². The number of ketones is 1. The molecule has 0 unspecified atom stereocenters. The van der Waals surface area contributed by atoms with Crippen LogP contribution in [-0.4, -0.2) is 23.3 Å². The van der Waals surface area contributed by atoms with Gasteiger partial charge in [-0.3, -0.25) is 9.69 Å². The Hall–Kier alpha value is -1.62. The van der Waals surface area contributed by atoms with Gasteiger partial charge in [-0.05, 0) is 21.5 Å². The van der Waals surface area contributed by atoms with Crippen molar-refractivity contribution in [3.05, 3.63) is 46.6 Å². The fourth-order valence-electron chi connectivity index (χ4n) is 1.56. The summed E-state index contributed by atoms with van der Waals surface area (Å²) in [5.74, 6) is 0.00195. The van der Waals surface area contributed by atoms with Crippen molar-refractivity contribution in [1.82, 2.24) is 4.90 Å². The van der Waals surface area contributed by atoms with Crippen LogP contribution in [0.25, 0.3) is 0 Å². The topological polar surface area (TPSA) is 46.6 Å². The van der Waals surface area contributed by atoms with Gasteiger partial charge in [-0.2, -0.15) is 0 Å². The Balaban J connectivity index is 1.91. The second kappa shape index (κ2) is 5.82. The van der Waals surface area contributed by atoms with Gasteiger partial charge in [-0.1, -0.05) is 30.3 Å². The summed E-state index contributed by atoms with van der Waals surface area (Å²) in [6.07, 6.45) is 1.35. The van der Waals surface area contributed by atoms with Crippen molar-refractivity contribution in [2.45, 2.75) is 13.0 Å². The average molecular weight is 310 g/mol. The lowest BCUT2D eigenvalue weighted by Crippen LogP contribution is -2.32. The maximum absolute atomic E-state index is 11.8. The molecule has 0 N–H and O–H groups in total. The van der Waals surface area contributed by atoms with Crippen LogP contribution in [0.3, 0.4) is 0 Å². The highest BCUT2D eigenvalue weighted by atomic mass is 79.9. The zero-order valence-electron chi connectivity index (χ0n) is 9.64. The Bertz CT molecular complexity index is 484. The van der Waals surface area contributed by atoms with Crippen LogP contribution >= 0.6 is 15.9 Å². The molecule has 1 aliphatic rings. The molecule has 2 rings (SSSR count). The van der Waals surface area contributed by atoms with Gasteiger partial charge in [0, 0.05) is 19.2 Å². The molecule has 0 aliphatic carbocycles. The molecule has 1 aromatic carbocycles. The van der Waals surface area contributed by atoms with Gasteiger partial charge in [0.2, 0.25) is 0 Å². The van der Waals surface area contributed by atoms with E-state index in [-0.39, 0.29) is 12.4 Å². The summed E-state index contributed by atoms with van der Waals surface area (Å²) in [7, 11) is 0. The third-order valence-electron chi connectivity index (χ3n) is 2.55. The zero-order chi connectivity index (χ0) is 13.0. The fraction of sp³-hybridized carbons (Fsp3) is 0.231. The number of benzene rings is 1. The third kappa shape index (κ3) is 3.20. The molecule has 18 heavy (non-hydrogen) atoms. The molecule has 4 nitrogen and oxygen atoms in total. The molecule has 1 aliphatic heterocycles. The minimum absolute atomic E-state index is 0.00195. The second-order valence-corrected chi connectivity index (χ2v) is 4.74. The Labute approximate surface area is 113 Å². The van der Waals surface area contributed by atoms with Gasteiger partial charge in [0.05, 0.1) is 4.48 Å². The molecule has 0 spiro atoms. The lowest BCUT2D eigenvalue weighted by molar-refractivity contribution is -0.115. The summed E-state index contributed by atoms with van der Waals surface area (Å²) in [5, 5.41) is 0. The number of Topliss-reactive ketones (excluding diaryl/α,β-unsaturated/α-hetero) is 1. The minimum Gasteiger partial charge on any atom is -0.444 e. The Morgan fingerprint density at radius 2 is 2.06 bits per heavy atom. The summed E-state index contributed by atoms with van der Waals surface area (Å²) in [5.41, 5.74) is 0.932. The first-order valence-corrected chi connectivity index (χ1v) is 6.34. The summed E-state index contributed by atoms with van der Waals surface area (Å²) >= 11 is 3.12. The monoisotopic (exact) mass is 309 g/mol. The van der Waals surface area contributed by atoms with E-state index in [2.05, 4.69) is 15.9 Å². The fourth-order valence-corrected chi connectivity index (χ4v) is 2.01. The van der Waals surface area contributed by atoms with Gasteiger partial charge in [0.25, 0.3) is 0 Å². The average Bonchev–Trinajstić information content (AvgIpc) is 2.40. The highest BCUT2D eigenvalue weighted by molar-refractivity contribution is 9.12. The molecular formula is C13H12BrNO3. The minimum atomic E-state index is -0.441.